The lowest BCUT2D eigenvalue weighted by molar-refractivity contribution is 0.0515. The Balaban J connectivity index is 1.65. The van der Waals surface area contributed by atoms with Crippen molar-refractivity contribution in [1.29, 1.82) is 0 Å². The second kappa shape index (κ2) is 9.63. The lowest BCUT2D eigenvalue weighted by Gasteiger charge is -2.34. The highest BCUT2D eigenvalue weighted by Crippen LogP contribution is 2.16. The largest absolute Gasteiger partial charge is 0.493 e. The van der Waals surface area contributed by atoms with Crippen LogP contribution in [0.15, 0.2) is 18.2 Å². The van der Waals surface area contributed by atoms with Gasteiger partial charge in [-0.05, 0) is 44.0 Å². The van der Waals surface area contributed by atoms with Crippen molar-refractivity contribution in [3.8, 4) is 5.75 Å². The van der Waals surface area contributed by atoms with Gasteiger partial charge in [0.1, 0.15) is 5.75 Å². The Bertz CT molecular complexity index is 556. The molecule has 0 bridgehead atoms. The van der Waals surface area contributed by atoms with Crippen molar-refractivity contribution in [3.05, 3.63) is 29.3 Å². The van der Waals surface area contributed by atoms with E-state index in [0.29, 0.717) is 39.3 Å². The summed E-state index contributed by atoms with van der Waals surface area (Å²) in [6.45, 7) is 10.2. The Labute approximate surface area is 150 Å². The number of carbonyl (C=O) groups is 1. The average Bonchev–Trinajstić information content (AvgIpc) is 2.59. The molecule has 6 nitrogen and oxygen atoms in total. The van der Waals surface area contributed by atoms with Gasteiger partial charge in [-0.25, -0.2) is 4.79 Å². The van der Waals surface area contributed by atoms with Gasteiger partial charge < -0.3 is 19.5 Å². The van der Waals surface area contributed by atoms with Crippen LogP contribution in [0.2, 0.25) is 0 Å². The average molecular weight is 350 g/mol. The highest BCUT2D eigenvalue weighted by atomic mass is 16.6. The summed E-state index contributed by atoms with van der Waals surface area (Å²) in [7, 11) is 0. The number of hydrogen-bond donors (Lipinski definition) is 1. The number of piperazine rings is 1. The molecule has 1 aliphatic heterocycles. The number of aryl methyl sites for hydroxylation is 2. The molecule has 0 aliphatic carbocycles. The second-order valence-corrected chi connectivity index (χ2v) is 6.52. The fraction of sp³-hybridized carbons (Fsp3) is 0.632. The summed E-state index contributed by atoms with van der Waals surface area (Å²) < 4.78 is 10.7. The van der Waals surface area contributed by atoms with E-state index in [2.05, 4.69) is 18.7 Å². The van der Waals surface area contributed by atoms with Crippen LogP contribution in [0.3, 0.4) is 0 Å². The Hall–Kier alpha value is -1.79. The van der Waals surface area contributed by atoms with Gasteiger partial charge in [0.15, 0.2) is 0 Å². The van der Waals surface area contributed by atoms with Crippen LogP contribution in [0.25, 0.3) is 0 Å². The standard InChI is InChI=1S/C19H30N2O4/c1-4-24-19(23)21-10-8-20(9-11-21)14-17(22)7-12-25-18-6-5-15(2)16(3)13-18/h5-6,13,17,22H,4,7-12,14H2,1-3H3/t17-/m0/s1. The molecule has 0 unspecified atom stereocenters. The highest BCUT2D eigenvalue weighted by molar-refractivity contribution is 5.67. The molecule has 0 spiro atoms. The first-order valence-electron chi connectivity index (χ1n) is 9.01. The van der Waals surface area contributed by atoms with Gasteiger partial charge in [-0.2, -0.15) is 0 Å². The molecular formula is C19H30N2O4. The fourth-order valence-electron chi connectivity index (χ4n) is 2.83. The normalized spacial score (nSPS) is 16.6. The van der Waals surface area contributed by atoms with Gasteiger partial charge in [-0.15, -0.1) is 0 Å². The molecule has 1 aromatic rings. The van der Waals surface area contributed by atoms with E-state index in [0.717, 1.165) is 18.8 Å². The molecule has 6 heteroatoms. The van der Waals surface area contributed by atoms with Crippen LogP contribution in [0.4, 0.5) is 4.79 Å². The van der Waals surface area contributed by atoms with E-state index >= 15 is 0 Å². The van der Waals surface area contributed by atoms with Crippen molar-refractivity contribution in [2.24, 2.45) is 0 Å². The molecule has 1 saturated heterocycles. The number of nitrogens with zero attached hydrogens (tertiary/aromatic N) is 2. The molecule has 1 fully saturated rings. The zero-order valence-corrected chi connectivity index (χ0v) is 15.5. The summed E-state index contributed by atoms with van der Waals surface area (Å²) in [6, 6.07) is 6.03. The summed E-state index contributed by atoms with van der Waals surface area (Å²) >= 11 is 0. The molecule has 0 radical (unpaired) electrons. The van der Waals surface area contributed by atoms with Gasteiger partial charge in [0.2, 0.25) is 0 Å². The van der Waals surface area contributed by atoms with E-state index in [1.807, 2.05) is 25.1 Å². The second-order valence-electron chi connectivity index (χ2n) is 6.52. The van der Waals surface area contributed by atoms with E-state index in [1.165, 1.54) is 11.1 Å². The third-order valence-corrected chi connectivity index (χ3v) is 4.57. The smallest absolute Gasteiger partial charge is 0.409 e. The van der Waals surface area contributed by atoms with Crippen LogP contribution in [0.1, 0.15) is 24.5 Å². The van der Waals surface area contributed by atoms with E-state index in [9.17, 15) is 9.90 Å². The molecule has 1 aliphatic rings. The lowest BCUT2D eigenvalue weighted by Crippen LogP contribution is -2.50. The van der Waals surface area contributed by atoms with Gasteiger partial charge in [0.05, 0.1) is 19.3 Å². The van der Waals surface area contributed by atoms with Gasteiger partial charge >= 0.3 is 6.09 Å². The number of amides is 1. The minimum Gasteiger partial charge on any atom is -0.493 e. The molecule has 2 rings (SSSR count). The molecule has 0 aromatic heterocycles. The Morgan fingerprint density at radius 2 is 1.92 bits per heavy atom. The number of benzene rings is 1. The Morgan fingerprint density at radius 3 is 2.56 bits per heavy atom. The minimum absolute atomic E-state index is 0.246. The van der Waals surface area contributed by atoms with E-state index in [4.69, 9.17) is 9.47 Å². The van der Waals surface area contributed by atoms with Crippen molar-refractivity contribution >= 4 is 6.09 Å². The van der Waals surface area contributed by atoms with Gasteiger partial charge in [0, 0.05) is 39.1 Å². The summed E-state index contributed by atoms with van der Waals surface area (Å²) in [5.41, 5.74) is 2.45. The van der Waals surface area contributed by atoms with E-state index in [1.54, 1.807) is 4.90 Å². The Kier molecular flexibility index (Phi) is 7.52. The quantitative estimate of drug-likeness (QED) is 0.817. The van der Waals surface area contributed by atoms with Gasteiger partial charge in [-0.3, -0.25) is 4.90 Å². The van der Waals surface area contributed by atoms with Crippen LogP contribution in [-0.4, -0.2) is 73.0 Å². The van der Waals surface area contributed by atoms with Crippen LogP contribution < -0.4 is 4.74 Å². The number of rotatable bonds is 7. The first kappa shape index (κ1) is 19.5. The van der Waals surface area contributed by atoms with Crippen molar-refractivity contribution < 1.29 is 19.4 Å². The fourth-order valence-corrected chi connectivity index (χ4v) is 2.83. The third-order valence-electron chi connectivity index (χ3n) is 4.57. The monoisotopic (exact) mass is 350 g/mol. The van der Waals surface area contributed by atoms with Gasteiger partial charge in [-0.1, -0.05) is 6.07 Å². The van der Waals surface area contributed by atoms with Crippen LogP contribution in [0, 0.1) is 13.8 Å². The first-order chi connectivity index (χ1) is 12.0. The zero-order chi connectivity index (χ0) is 18.2. The lowest BCUT2D eigenvalue weighted by atomic mass is 10.1. The third kappa shape index (κ3) is 6.21. The maximum absolute atomic E-state index is 11.7. The molecule has 1 N–H and O–H groups in total. The van der Waals surface area contributed by atoms with Crippen molar-refractivity contribution in [3.63, 3.8) is 0 Å². The van der Waals surface area contributed by atoms with E-state index < -0.39 is 6.10 Å². The molecule has 25 heavy (non-hydrogen) atoms. The summed E-state index contributed by atoms with van der Waals surface area (Å²) in [5.74, 6) is 0.846. The molecule has 1 amide bonds. The van der Waals surface area contributed by atoms with Crippen molar-refractivity contribution in [2.75, 3.05) is 45.9 Å². The topological polar surface area (TPSA) is 62.2 Å². The predicted octanol–water partition coefficient (Wildman–Crippen LogP) is 2.21. The molecule has 1 aromatic carbocycles. The zero-order valence-electron chi connectivity index (χ0n) is 15.5. The highest BCUT2D eigenvalue weighted by Gasteiger charge is 2.23. The summed E-state index contributed by atoms with van der Waals surface area (Å²) in [4.78, 5) is 15.6. The van der Waals surface area contributed by atoms with Crippen LogP contribution in [0.5, 0.6) is 5.75 Å². The van der Waals surface area contributed by atoms with Crippen molar-refractivity contribution in [2.45, 2.75) is 33.3 Å². The molecule has 140 valence electrons. The SMILES string of the molecule is CCOC(=O)N1CCN(C[C@@H](O)CCOc2ccc(C)c(C)c2)CC1. The molecule has 0 saturated carbocycles. The Morgan fingerprint density at radius 1 is 1.20 bits per heavy atom. The number of aliphatic hydroxyl groups excluding tert-OH is 1. The molecule has 1 heterocycles. The maximum Gasteiger partial charge on any atom is 0.409 e. The van der Waals surface area contributed by atoms with Crippen LogP contribution in [-0.2, 0) is 4.74 Å². The minimum atomic E-state index is -0.430. The summed E-state index contributed by atoms with van der Waals surface area (Å²) in [5, 5.41) is 10.2. The summed E-state index contributed by atoms with van der Waals surface area (Å²) in [6.07, 6.45) is -0.0875. The molecule has 1 atom stereocenters. The number of ether oxygens (including phenoxy) is 2. The molecular weight excluding hydrogens is 320 g/mol. The predicted molar refractivity (Wildman–Crippen MR) is 97.1 cm³/mol. The number of β-amino-alcohol motifs (C(OH)–C–C–N with tert-alkyl or cyclic N) is 1. The number of carbonyl (C=O) groups excluding carboxylic acids is 1. The van der Waals surface area contributed by atoms with E-state index in [-0.39, 0.29) is 6.09 Å². The van der Waals surface area contributed by atoms with Crippen LogP contribution >= 0.6 is 0 Å². The maximum atomic E-state index is 11.7. The number of hydrogen-bond acceptors (Lipinski definition) is 5. The van der Waals surface area contributed by atoms with Crippen molar-refractivity contribution in [1.82, 2.24) is 9.80 Å². The van der Waals surface area contributed by atoms with Gasteiger partial charge in [0.25, 0.3) is 0 Å². The number of aliphatic hydroxyl groups is 1. The first-order valence-corrected chi connectivity index (χ1v) is 9.01.